The van der Waals surface area contributed by atoms with Gasteiger partial charge in [0, 0.05) is 12.4 Å². The van der Waals surface area contributed by atoms with Gasteiger partial charge in [0.1, 0.15) is 17.3 Å². The summed E-state index contributed by atoms with van der Waals surface area (Å²) in [4.78, 5) is 40.5. The molecule has 0 aliphatic rings. The van der Waals surface area contributed by atoms with Gasteiger partial charge in [-0.1, -0.05) is 12.1 Å². The van der Waals surface area contributed by atoms with E-state index in [9.17, 15) is 19.5 Å². The number of nitrogens with one attached hydrogen (secondary N) is 1. The number of hydrogen-bond acceptors (Lipinski definition) is 7. The number of carboxylic acids is 1. The SMILES string of the molecule is Cc1ccc(C(NC(=O)OC(C)(C)C)C(=O)[O-])nc1.Cc1ccc(C=O)nc1.[Li+]. The van der Waals surface area contributed by atoms with Crippen LogP contribution in [-0.4, -0.2) is 33.9 Å². The zero-order valence-corrected chi connectivity index (χ0v) is 17.6. The normalized spacial score (nSPS) is 11.1. The van der Waals surface area contributed by atoms with Crippen molar-refractivity contribution in [2.75, 3.05) is 0 Å². The number of carbonyl (C=O) groups is 3. The molecule has 1 amide bonds. The molecule has 2 rings (SSSR count). The summed E-state index contributed by atoms with van der Waals surface area (Å²) in [5, 5.41) is 13.3. The Hall–Kier alpha value is -2.69. The predicted molar refractivity (Wildman–Crippen MR) is 100 cm³/mol. The molecule has 0 spiro atoms. The molecule has 1 unspecified atom stereocenters. The van der Waals surface area contributed by atoms with Crippen molar-refractivity contribution in [1.29, 1.82) is 0 Å². The summed E-state index contributed by atoms with van der Waals surface area (Å²) in [6.45, 7) is 8.81. The second-order valence-corrected chi connectivity index (χ2v) is 7.04. The molecule has 8 nitrogen and oxygen atoms in total. The van der Waals surface area contributed by atoms with E-state index in [-0.39, 0.29) is 24.6 Å². The number of rotatable bonds is 4. The molecular weight excluding hydrogens is 369 g/mol. The van der Waals surface area contributed by atoms with Crippen molar-refractivity contribution in [3.63, 3.8) is 0 Å². The van der Waals surface area contributed by atoms with Crippen molar-refractivity contribution in [3.8, 4) is 0 Å². The van der Waals surface area contributed by atoms with Gasteiger partial charge in [0.15, 0.2) is 6.29 Å². The molecule has 0 bridgehead atoms. The molecule has 0 saturated heterocycles. The van der Waals surface area contributed by atoms with Crippen LogP contribution >= 0.6 is 0 Å². The standard InChI is InChI=1S/C13H18N2O4.C7H7NO.Li/c1-8-5-6-9(14-7-8)10(11(16)17)15-12(18)19-13(2,3)4;1-6-2-3-7(5-9)8-4-6;/h5-7,10H,1-4H3,(H,15,18)(H,16,17);2-5H,1H3;/q;;+1/p-1. The molecule has 9 heteroatoms. The summed E-state index contributed by atoms with van der Waals surface area (Å²) in [5.74, 6) is -1.44. The fourth-order valence-electron chi connectivity index (χ4n) is 1.88. The van der Waals surface area contributed by atoms with Gasteiger partial charge in [-0.25, -0.2) is 4.79 Å². The Kier molecular flexibility index (Phi) is 10.9. The molecule has 2 aromatic rings. The van der Waals surface area contributed by atoms with Gasteiger partial charge in [0.05, 0.1) is 11.7 Å². The second-order valence-electron chi connectivity index (χ2n) is 7.04. The van der Waals surface area contributed by atoms with Crippen LogP contribution in [-0.2, 0) is 9.53 Å². The topological polar surface area (TPSA) is 121 Å². The Labute approximate surface area is 182 Å². The zero-order valence-electron chi connectivity index (χ0n) is 17.6. The van der Waals surface area contributed by atoms with Crippen molar-refractivity contribution in [2.24, 2.45) is 0 Å². The molecule has 2 heterocycles. The summed E-state index contributed by atoms with van der Waals surface area (Å²) >= 11 is 0. The van der Waals surface area contributed by atoms with Crippen molar-refractivity contribution >= 4 is 18.3 Å². The predicted octanol–water partition coefficient (Wildman–Crippen LogP) is -1.09. The summed E-state index contributed by atoms with van der Waals surface area (Å²) < 4.78 is 4.99. The maximum absolute atomic E-state index is 11.6. The van der Waals surface area contributed by atoms with E-state index >= 15 is 0 Å². The molecule has 150 valence electrons. The first-order valence-electron chi connectivity index (χ1n) is 8.52. The summed E-state index contributed by atoms with van der Waals surface area (Å²) in [6, 6.07) is 5.44. The van der Waals surface area contributed by atoms with Crippen LogP contribution in [0.25, 0.3) is 0 Å². The van der Waals surface area contributed by atoms with Gasteiger partial charge in [0.25, 0.3) is 0 Å². The number of aldehydes is 1. The molecule has 29 heavy (non-hydrogen) atoms. The number of aryl methyl sites for hydroxylation is 2. The average Bonchev–Trinajstić information content (AvgIpc) is 2.60. The molecule has 0 saturated carbocycles. The smallest absolute Gasteiger partial charge is 0.547 e. The molecule has 0 radical (unpaired) electrons. The van der Waals surface area contributed by atoms with Gasteiger partial charge < -0.3 is 20.0 Å². The van der Waals surface area contributed by atoms with Crippen LogP contribution in [0.3, 0.4) is 0 Å². The summed E-state index contributed by atoms with van der Waals surface area (Å²) in [5.41, 5.74) is 1.93. The fraction of sp³-hybridized carbons (Fsp3) is 0.350. The number of aliphatic carboxylic acids is 1. The van der Waals surface area contributed by atoms with Gasteiger partial charge in [0.2, 0.25) is 0 Å². The van der Waals surface area contributed by atoms with Crippen LogP contribution in [0.1, 0.15) is 54.1 Å². The van der Waals surface area contributed by atoms with Gasteiger partial charge >= 0.3 is 25.0 Å². The minimum Gasteiger partial charge on any atom is -0.547 e. The quantitative estimate of drug-likeness (QED) is 0.518. The van der Waals surface area contributed by atoms with E-state index in [1.54, 1.807) is 39.1 Å². The number of aromatic nitrogens is 2. The minimum absolute atomic E-state index is 0. The third-order valence-corrected chi connectivity index (χ3v) is 3.18. The van der Waals surface area contributed by atoms with Crippen LogP contribution in [0.15, 0.2) is 36.7 Å². The van der Waals surface area contributed by atoms with Crippen LogP contribution < -0.4 is 29.3 Å². The maximum Gasteiger partial charge on any atom is 1.00 e. The van der Waals surface area contributed by atoms with Crippen LogP contribution in [0.4, 0.5) is 4.79 Å². The monoisotopic (exact) mass is 393 g/mol. The third kappa shape index (κ3) is 10.4. The molecule has 0 aliphatic heterocycles. The Morgan fingerprint density at radius 1 is 1.07 bits per heavy atom. The van der Waals surface area contributed by atoms with Gasteiger partial charge in [-0.3, -0.25) is 14.8 Å². The Bertz CT molecular complexity index is 802. The van der Waals surface area contributed by atoms with E-state index in [0.717, 1.165) is 17.4 Å². The molecule has 2 aromatic heterocycles. The van der Waals surface area contributed by atoms with E-state index in [1.165, 1.54) is 12.3 Å². The van der Waals surface area contributed by atoms with Crippen LogP contribution in [0, 0.1) is 13.8 Å². The molecule has 1 N–H and O–H groups in total. The number of alkyl carbamates (subject to hydrolysis) is 1. The number of amides is 1. The van der Waals surface area contributed by atoms with E-state index in [2.05, 4.69) is 15.3 Å². The number of carboxylic acid groups (broad SMARTS) is 1. The molecule has 0 fully saturated rings. The Morgan fingerprint density at radius 2 is 1.62 bits per heavy atom. The summed E-state index contributed by atoms with van der Waals surface area (Å²) in [6.07, 6.45) is 3.09. The second kappa shape index (κ2) is 12.0. The van der Waals surface area contributed by atoms with Gasteiger partial charge in [-0.05, 0) is 57.9 Å². The maximum atomic E-state index is 11.6. The first kappa shape index (κ1) is 26.3. The number of ether oxygens (including phenoxy) is 1. The average molecular weight is 393 g/mol. The van der Waals surface area contributed by atoms with Crippen molar-refractivity contribution < 1.29 is 43.1 Å². The molecule has 0 aliphatic carbocycles. The first-order chi connectivity index (χ1) is 13.0. The third-order valence-electron chi connectivity index (χ3n) is 3.18. The van der Waals surface area contributed by atoms with Crippen molar-refractivity contribution in [3.05, 3.63) is 59.2 Å². The van der Waals surface area contributed by atoms with Crippen LogP contribution in [0.5, 0.6) is 0 Å². The first-order valence-corrected chi connectivity index (χ1v) is 8.52. The Morgan fingerprint density at radius 3 is 2.00 bits per heavy atom. The van der Waals surface area contributed by atoms with Crippen molar-refractivity contribution in [1.82, 2.24) is 15.3 Å². The number of carbonyl (C=O) groups excluding carboxylic acids is 3. The largest absolute Gasteiger partial charge is 1.00 e. The van der Waals surface area contributed by atoms with E-state index in [0.29, 0.717) is 5.69 Å². The van der Waals surface area contributed by atoms with Gasteiger partial charge in [-0.15, -0.1) is 0 Å². The van der Waals surface area contributed by atoms with Crippen LogP contribution in [0.2, 0.25) is 0 Å². The van der Waals surface area contributed by atoms with E-state index < -0.39 is 23.7 Å². The minimum atomic E-state index is -1.44. The molecular formula is C20H24LiN3O5. The molecule has 0 aromatic carbocycles. The zero-order chi connectivity index (χ0) is 21.3. The number of hydrogen-bond donors (Lipinski definition) is 1. The summed E-state index contributed by atoms with van der Waals surface area (Å²) in [7, 11) is 0. The van der Waals surface area contributed by atoms with E-state index in [4.69, 9.17) is 4.74 Å². The van der Waals surface area contributed by atoms with Crippen molar-refractivity contribution in [2.45, 2.75) is 46.3 Å². The Balaban J connectivity index is 0.000000658. The number of pyridine rings is 2. The fourth-order valence-corrected chi connectivity index (χ4v) is 1.88. The van der Waals surface area contributed by atoms with Gasteiger partial charge in [-0.2, -0.15) is 0 Å². The van der Waals surface area contributed by atoms with E-state index in [1.807, 2.05) is 19.9 Å². The molecule has 1 atom stereocenters. The number of nitrogens with zero attached hydrogens (tertiary/aromatic N) is 2.